The normalized spacial score (nSPS) is 14.0. The van der Waals surface area contributed by atoms with Crippen LogP contribution in [0.25, 0.3) is 0 Å². The third-order valence-electron chi connectivity index (χ3n) is 4.14. The molecule has 0 saturated carbocycles. The summed E-state index contributed by atoms with van der Waals surface area (Å²) in [6.07, 6.45) is 0. The molecule has 1 atom stereocenters. The standard InChI is InChI=1S/C18H31O4PS/c1-12(2)15-9-16(13(3)4)18(17(10-15)14(5)6)24(20)11-23(19,21-7)22-8/h9-10,12-14H,11H2,1-8H3/t24-/m1/s1. The summed E-state index contributed by atoms with van der Waals surface area (Å²) in [5.41, 5.74) is 3.23. The van der Waals surface area contributed by atoms with Crippen LogP contribution in [0.4, 0.5) is 0 Å². The van der Waals surface area contributed by atoms with E-state index in [0.29, 0.717) is 5.92 Å². The fourth-order valence-corrected chi connectivity index (χ4v) is 6.31. The lowest BCUT2D eigenvalue weighted by Crippen LogP contribution is -2.11. The molecule has 0 aromatic heterocycles. The lowest BCUT2D eigenvalue weighted by molar-refractivity contribution is 0.280. The van der Waals surface area contributed by atoms with Gasteiger partial charge in [-0.15, -0.1) is 0 Å². The number of hydrogen-bond donors (Lipinski definition) is 0. The van der Waals surface area contributed by atoms with Gasteiger partial charge in [0.1, 0.15) is 5.49 Å². The summed E-state index contributed by atoms with van der Waals surface area (Å²) in [5.74, 6) is 0.848. The highest BCUT2D eigenvalue weighted by molar-refractivity contribution is 7.92. The first-order valence-electron chi connectivity index (χ1n) is 8.32. The molecule has 1 aromatic carbocycles. The minimum atomic E-state index is -3.33. The Labute approximate surface area is 149 Å². The van der Waals surface area contributed by atoms with Gasteiger partial charge < -0.3 is 9.05 Å². The van der Waals surface area contributed by atoms with Gasteiger partial charge in [0.2, 0.25) is 0 Å². The van der Waals surface area contributed by atoms with E-state index in [2.05, 4.69) is 53.7 Å². The Bertz CT molecular complexity index is 601. The van der Waals surface area contributed by atoms with Crippen molar-refractivity contribution in [1.29, 1.82) is 0 Å². The molecular weight excluding hydrogens is 343 g/mol. The Morgan fingerprint density at radius 3 is 1.62 bits per heavy atom. The molecule has 24 heavy (non-hydrogen) atoms. The molecule has 6 heteroatoms. The second-order valence-electron chi connectivity index (χ2n) is 6.94. The van der Waals surface area contributed by atoms with Crippen molar-refractivity contribution in [3.63, 3.8) is 0 Å². The average molecular weight is 374 g/mol. The maximum absolute atomic E-state index is 13.1. The Hall–Kier alpha value is -0.480. The summed E-state index contributed by atoms with van der Waals surface area (Å²) in [4.78, 5) is 0.790. The van der Waals surface area contributed by atoms with Gasteiger partial charge in [-0.2, -0.15) is 0 Å². The number of benzene rings is 1. The Morgan fingerprint density at radius 2 is 1.33 bits per heavy atom. The Balaban J connectivity index is 3.54. The van der Waals surface area contributed by atoms with Crippen LogP contribution in [0.5, 0.6) is 0 Å². The highest BCUT2D eigenvalue weighted by Crippen LogP contribution is 2.48. The molecule has 0 aliphatic heterocycles. The van der Waals surface area contributed by atoms with Crippen LogP contribution in [-0.2, 0) is 24.4 Å². The fourth-order valence-electron chi connectivity index (χ4n) is 2.54. The van der Waals surface area contributed by atoms with E-state index in [1.807, 2.05) is 0 Å². The molecular formula is C18H31O4PS. The maximum atomic E-state index is 13.1. The van der Waals surface area contributed by atoms with Gasteiger partial charge in [0.25, 0.3) is 0 Å². The third-order valence-corrected chi connectivity index (χ3v) is 8.38. The summed E-state index contributed by atoms with van der Waals surface area (Å²) < 4.78 is 35.5. The fraction of sp³-hybridized carbons (Fsp3) is 0.667. The van der Waals surface area contributed by atoms with Crippen molar-refractivity contribution in [1.82, 2.24) is 0 Å². The predicted octanol–water partition coefficient (Wildman–Crippen LogP) is 5.61. The highest BCUT2D eigenvalue weighted by Gasteiger charge is 2.29. The van der Waals surface area contributed by atoms with Gasteiger partial charge in [0, 0.05) is 19.1 Å². The average Bonchev–Trinajstić information content (AvgIpc) is 2.52. The third kappa shape index (κ3) is 5.01. The van der Waals surface area contributed by atoms with Crippen LogP contribution in [0, 0.1) is 0 Å². The molecule has 0 saturated heterocycles. The lowest BCUT2D eigenvalue weighted by atomic mass is 9.89. The summed E-state index contributed by atoms with van der Waals surface area (Å²) >= 11 is 0. The van der Waals surface area contributed by atoms with E-state index in [1.165, 1.54) is 19.8 Å². The smallest absolute Gasteiger partial charge is 0.311 e. The first-order valence-corrected chi connectivity index (χ1v) is 11.4. The van der Waals surface area contributed by atoms with Crippen molar-refractivity contribution < 1.29 is 17.8 Å². The molecule has 1 aromatic rings. The SMILES string of the molecule is COP(=O)(C[S@@](=O)c1c(C(C)C)cc(C(C)C)cc1C(C)C)OC. The van der Waals surface area contributed by atoms with Gasteiger partial charge in [0.05, 0.1) is 10.8 Å². The summed E-state index contributed by atoms with van der Waals surface area (Å²) in [6.45, 7) is 12.7. The van der Waals surface area contributed by atoms with Crippen molar-refractivity contribution in [2.24, 2.45) is 0 Å². The van der Waals surface area contributed by atoms with Crippen LogP contribution < -0.4 is 0 Å². The van der Waals surface area contributed by atoms with Crippen LogP contribution >= 0.6 is 7.60 Å². The molecule has 0 heterocycles. The molecule has 0 fully saturated rings. The van der Waals surface area contributed by atoms with E-state index >= 15 is 0 Å². The summed E-state index contributed by atoms with van der Waals surface area (Å²) in [5, 5.41) is 0. The zero-order valence-electron chi connectivity index (χ0n) is 16.1. The van der Waals surface area contributed by atoms with Crippen LogP contribution in [0.15, 0.2) is 17.0 Å². The molecule has 0 spiro atoms. The predicted molar refractivity (Wildman–Crippen MR) is 102 cm³/mol. The van der Waals surface area contributed by atoms with Gasteiger partial charge in [-0.05, 0) is 34.4 Å². The van der Waals surface area contributed by atoms with E-state index in [1.54, 1.807) is 0 Å². The molecule has 4 nitrogen and oxygen atoms in total. The monoisotopic (exact) mass is 374 g/mol. The largest absolute Gasteiger partial charge is 0.342 e. The van der Waals surface area contributed by atoms with Crippen LogP contribution in [0.2, 0.25) is 0 Å². The zero-order valence-corrected chi connectivity index (χ0v) is 17.8. The minimum absolute atomic E-state index is 0.125. The van der Waals surface area contributed by atoms with Crippen LogP contribution in [-0.4, -0.2) is 23.9 Å². The van der Waals surface area contributed by atoms with Crippen molar-refractivity contribution in [3.05, 3.63) is 28.8 Å². The Kier molecular flexibility index (Phi) is 7.86. The zero-order chi connectivity index (χ0) is 18.7. The quantitative estimate of drug-likeness (QED) is 0.555. The van der Waals surface area contributed by atoms with Crippen molar-refractivity contribution >= 4 is 18.4 Å². The molecule has 0 N–H and O–H groups in total. The van der Waals surface area contributed by atoms with Crippen molar-refractivity contribution in [2.45, 2.75) is 64.2 Å². The molecule has 0 unspecified atom stereocenters. The first-order chi connectivity index (χ1) is 11.1. The first kappa shape index (κ1) is 21.6. The van der Waals surface area contributed by atoms with E-state index in [4.69, 9.17) is 9.05 Å². The Morgan fingerprint density at radius 1 is 0.917 bits per heavy atom. The minimum Gasteiger partial charge on any atom is -0.311 e. The molecule has 0 aliphatic carbocycles. The molecule has 0 aliphatic rings. The molecule has 138 valence electrons. The van der Waals surface area contributed by atoms with Crippen LogP contribution in [0.1, 0.15) is 76.0 Å². The second kappa shape index (κ2) is 8.75. The van der Waals surface area contributed by atoms with Gasteiger partial charge >= 0.3 is 7.60 Å². The van der Waals surface area contributed by atoms with Crippen LogP contribution in [0.3, 0.4) is 0 Å². The topological polar surface area (TPSA) is 52.6 Å². The molecule has 0 radical (unpaired) electrons. The second-order valence-corrected chi connectivity index (χ2v) is 11.0. The van der Waals surface area contributed by atoms with E-state index in [-0.39, 0.29) is 17.3 Å². The van der Waals surface area contributed by atoms with Crippen molar-refractivity contribution in [3.8, 4) is 0 Å². The highest BCUT2D eigenvalue weighted by atomic mass is 32.2. The molecule has 0 amide bonds. The summed E-state index contributed by atoms with van der Waals surface area (Å²) in [7, 11) is -2.13. The van der Waals surface area contributed by atoms with Gasteiger partial charge in [-0.25, -0.2) is 0 Å². The lowest BCUT2D eigenvalue weighted by Gasteiger charge is -2.23. The van der Waals surface area contributed by atoms with E-state index in [9.17, 15) is 8.77 Å². The van der Waals surface area contributed by atoms with Gasteiger partial charge in [-0.1, -0.05) is 53.7 Å². The van der Waals surface area contributed by atoms with Crippen molar-refractivity contribution in [2.75, 3.05) is 19.7 Å². The molecule has 0 bridgehead atoms. The number of rotatable bonds is 8. The maximum Gasteiger partial charge on any atom is 0.342 e. The van der Waals surface area contributed by atoms with E-state index < -0.39 is 18.4 Å². The number of hydrogen-bond acceptors (Lipinski definition) is 4. The molecule has 1 rings (SSSR count). The van der Waals surface area contributed by atoms with E-state index in [0.717, 1.165) is 16.0 Å². The van der Waals surface area contributed by atoms with Gasteiger partial charge in [-0.3, -0.25) is 8.77 Å². The summed E-state index contributed by atoms with van der Waals surface area (Å²) in [6, 6.07) is 4.28. The van der Waals surface area contributed by atoms with Gasteiger partial charge in [0.15, 0.2) is 0 Å².